The Hall–Kier alpha value is -2.80. The molecule has 1 aromatic heterocycles. The summed E-state index contributed by atoms with van der Waals surface area (Å²) < 4.78 is 29.7. The Bertz CT molecular complexity index is 977. The molecule has 0 radical (unpaired) electrons. The number of nitrogens with one attached hydrogen (secondary N) is 1. The van der Waals surface area contributed by atoms with Gasteiger partial charge in [0.05, 0.1) is 16.8 Å². The minimum atomic E-state index is -1.32. The van der Waals surface area contributed by atoms with Crippen molar-refractivity contribution in [2.75, 3.05) is 5.32 Å². The highest BCUT2D eigenvalue weighted by atomic mass is 35.5. The Labute approximate surface area is 152 Å². The average Bonchev–Trinajstić information content (AvgIpc) is 3.21. The van der Waals surface area contributed by atoms with Crippen molar-refractivity contribution in [3.05, 3.63) is 76.6 Å². The van der Waals surface area contributed by atoms with Crippen molar-refractivity contribution in [2.45, 2.75) is 18.6 Å². The van der Waals surface area contributed by atoms with Crippen LogP contribution >= 0.6 is 11.6 Å². The molecule has 5 nitrogen and oxygen atoms in total. The van der Waals surface area contributed by atoms with Gasteiger partial charge in [0.25, 0.3) is 5.91 Å². The fourth-order valence-corrected chi connectivity index (χ4v) is 3.18. The van der Waals surface area contributed by atoms with Gasteiger partial charge in [-0.3, -0.25) is 4.79 Å². The molecule has 0 aliphatic carbocycles. The molecule has 1 aliphatic heterocycles. The molecule has 1 N–H and O–H groups in total. The van der Waals surface area contributed by atoms with E-state index >= 15 is 0 Å². The van der Waals surface area contributed by atoms with Crippen molar-refractivity contribution >= 4 is 23.2 Å². The topological polar surface area (TPSA) is 59.8 Å². The lowest BCUT2D eigenvalue weighted by Gasteiger charge is -2.11. The van der Waals surface area contributed by atoms with Gasteiger partial charge < -0.3 is 5.32 Å². The minimum Gasteiger partial charge on any atom is -0.317 e. The van der Waals surface area contributed by atoms with Gasteiger partial charge in [-0.15, -0.1) is 5.10 Å². The van der Waals surface area contributed by atoms with E-state index in [1.807, 2.05) is 30.3 Å². The Morgan fingerprint density at radius 2 is 1.96 bits per heavy atom. The maximum Gasteiger partial charge on any atom is 0.295 e. The first-order valence-electron chi connectivity index (χ1n) is 7.95. The third-order valence-electron chi connectivity index (χ3n) is 4.25. The molecule has 4 rings (SSSR count). The van der Waals surface area contributed by atoms with Crippen LogP contribution in [0.4, 0.5) is 14.5 Å². The van der Waals surface area contributed by atoms with Crippen LogP contribution in [0.2, 0.25) is 5.02 Å². The summed E-state index contributed by atoms with van der Waals surface area (Å²) in [6.45, 7) is 0. The number of carbonyl (C=O) groups is 1. The van der Waals surface area contributed by atoms with Gasteiger partial charge in [0, 0.05) is 6.42 Å². The second-order valence-electron chi connectivity index (χ2n) is 5.92. The van der Waals surface area contributed by atoms with Gasteiger partial charge in [-0.25, -0.2) is 18.4 Å². The fraction of sp³-hybridized carbons (Fsp3) is 0.167. The summed E-state index contributed by atoms with van der Waals surface area (Å²) in [6, 6.07) is 13.2. The molecule has 0 spiro atoms. The van der Waals surface area contributed by atoms with Crippen LogP contribution in [0.5, 0.6) is 0 Å². The maximum atomic E-state index is 14.3. The normalized spacial score (nSPS) is 18.6. The molecule has 8 heteroatoms. The molecule has 0 bridgehead atoms. The molecule has 0 saturated heterocycles. The maximum absolute atomic E-state index is 14.3. The zero-order valence-corrected chi connectivity index (χ0v) is 14.1. The number of fused-ring (bicyclic) bond motifs is 1. The molecule has 2 atom stereocenters. The van der Waals surface area contributed by atoms with E-state index in [4.69, 9.17) is 11.6 Å². The zero-order chi connectivity index (χ0) is 18.3. The van der Waals surface area contributed by atoms with Crippen LogP contribution in [0.15, 0.2) is 48.5 Å². The van der Waals surface area contributed by atoms with Crippen molar-refractivity contribution in [2.24, 2.45) is 0 Å². The summed E-state index contributed by atoms with van der Waals surface area (Å²) >= 11 is 5.70. The van der Waals surface area contributed by atoms with E-state index in [2.05, 4.69) is 15.4 Å². The summed E-state index contributed by atoms with van der Waals surface area (Å²) in [5.74, 6) is -1.61. The number of anilines is 1. The summed E-state index contributed by atoms with van der Waals surface area (Å²) in [6.07, 6.45) is -1.11. The monoisotopic (exact) mass is 374 g/mol. The van der Waals surface area contributed by atoms with Crippen molar-refractivity contribution < 1.29 is 13.6 Å². The molecule has 2 heterocycles. The van der Waals surface area contributed by atoms with Gasteiger partial charge in [0.1, 0.15) is 0 Å². The largest absolute Gasteiger partial charge is 0.317 e. The lowest BCUT2D eigenvalue weighted by Crippen LogP contribution is -2.16. The number of alkyl halides is 1. The first-order chi connectivity index (χ1) is 12.5. The van der Waals surface area contributed by atoms with Crippen molar-refractivity contribution in [1.82, 2.24) is 14.8 Å². The zero-order valence-electron chi connectivity index (χ0n) is 13.4. The van der Waals surface area contributed by atoms with Crippen LogP contribution < -0.4 is 5.32 Å². The van der Waals surface area contributed by atoms with Crippen molar-refractivity contribution in [1.29, 1.82) is 0 Å². The van der Waals surface area contributed by atoms with E-state index in [9.17, 15) is 13.6 Å². The van der Waals surface area contributed by atoms with Crippen LogP contribution in [-0.4, -0.2) is 20.7 Å². The van der Waals surface area contributed by atoms with E-state index in [0.29, 0.717) is 0 Å². The van der Waals surface area contributed by atoms with Gasteiger partial charge >= 0.3 is 0 Å². The fourth-order valence-electron chi connectivity index (χ4n) is 3.01. The van der Waals surface area contributed by atoms with Gasteiger partial charge in [-0.1, -0.05) is 48.0 Å². The number of halogens is 3. The van der Waals surface area contributed by atoms with Gasteiger partial charge in [0.2, 0.25) is 5.82 Å². The Kier molecular flexibility index (Phi) is 4.16. The molecule has 1 amide bonds. The van der Waals surface area contributed by atoms with Crippen LogP contribution in [0.1, 0.15) is 40.6 Å². The molecule has 3 aromatic rings. The second kappa shape index (κ2) is 6.49. The van der Waals surface area contributed by atoms with Crippen LogP contribution in [0, 0.1) is 5.82 Å². The highest BCUT2D eigenvalue weighted by Gasteiger charge is 2.36. The molecule has 2 unspecified atom stereocenters. The number of hydrogen-bond donors (Lipinski definition) is 1. The molecular weight excluding hydrogens is 362 g/mol. The molecule has 2 aromatic carbocycles. The lowest BCUT2D eigenvalue weighted by atomic mass is 10.0. The van der Waals surface area contributed by atoms with Crippen LogP contribution in [-0.2, 0) is 0 Å². The van der Waals surface area contributed by atoms with E-state index < -0.39 is 17.9 Å². The summed E-state index contributed by atoms with van der Waals surface area (Å²) in [7, 11) is 0. The number of rotatable bonds is 3. The van der Waals surface area contributed by atoms with Crippen LogP contribution in [0.25, 0.3) is 0 Å². The molecule has 132 valence electrons. The summed E-state index contributed by atoms with van der Waals surface area (Å²) in [5, 5.41) is 6.40. The van der Waals surface area contributed by atoms with E-state index in [1.165, 1.54) is 22.9 Å². The SMILES string of the molecule is O=C(Nc1cccc(Cl)c1F)c1nc2n(n1)C(c1ccccc1)CC2F. The first-order valence-corrected chi connectivity index (χ1v) is 8.33. The van der Waals surface area contributed by atoms with Crippen LogP contribution in [0.3, 0.4) is 0 Å². The predicted molar refractivity (Wildman–Crippen MR) is 92.4 cm³/mol. The van der Waals surface area contributed by atoms with Crippen molar-refractivity contribution in [3.8, 4) is 0 Å². The Morgan fingerprint density at radius 3 is 2.73 bits per heavy atom. The number of amides is 1. The molecule has 1 aliphatic rings. The van der Waals surface area contributed by atoms with E-state index in [-0.39, 0.29) is 34.8 Å². The number of carbonyl (C=O) groups excluding carboxylic acids is 1. The van der Waals surface area contributed by atoms with Gasteiger partial charge in [0.15, 0.2) is 17.8 Å². The first kappa shape index (κ1) is 16.7. The third kappa shape index (κ3) is 2.84. The van der Waals surface area contributed by atoms with Gasteiger partial charge in [-0.05, 0) is 17.7 Å². The number of nitrogens with zero attached hydrogens (tertiary/aromatic N) is 3. The standard InChI is InChI=1S/C18H13ClF2N4O/c19-11-7-4-8-13(15(11)21)22-18(26)16-23-17-12(20)9-14(25(17)24-16)10-5-2-1-3-6-10/h1-8,12,14H,9H2,(H,22,26). The van der Waals surface area contributed by atoms with E-state index in [0.717, 1.165) is 5.56 Å². The van der Waals surface area contributed by atoms with Gasteiger partial charge in [-0.2, -0.15) is 0 Å². The minimum absolute atomic E-state index is 0.0890. The van der Waals surface area contributed by atoms with E-state index in [1.54, 1.807) is 0 Å². The summed E-state index contributed by atoms with van der Waals surface area (Å²) in [4.78, 5) is 16.4. The molecular formula is C18H13ClF2N4O. The highest BCUT2D eigenvalue weighted by molar-refractivity contribution is 6.31. The summed E-state index contributed by atoms with van der Waals surface area (Å²) in [5.41, 5.74) is 0.792. The molecule has 26 heavy (non-hydrogen) atoms. The van der Waals surface area contributed by atoms with Crippen molar-refractivity contribution in [3.63, 3.8) is 0 Å². The smallest absolute Gasteiger partial charge is 0.295 e. The Morgan fingerprint density at radius 1 is 1.19 bits per heavy atom. The molecule has 0 saturated carbocycles. The lowest BCUT2D eigenvalue weighted by molar-refractivity contribution is 0.101. The second-order valence-corrected chi connectivity index (χ2v) is 6.33. The Balaban J connectivity index is 1.63. The highest BCUT2D eigenvalue weighted by Crippen LogP contribution is 2.39. The number of hydrogen-bond acceptors (Lipinski definition) is 3. The third-order valence-corrected chi connectivity index (χ3v) is 4.54. The number of aromatic nitrogens is 3. The molecule has 0 fully saturated rings. The average molecular weight is 375 g/mol. The quantitative estimate of drug-likeness (QED) is 0.742. The predicted octanol–water partition coefficient (Wildman–Crippen LogP) is 4.33. The number of benzene rings is 2.